The van der Waals surface area contributed by atoms with E-state index in [2.05, 4.69) is 59.9 Å². The Balaban J connectivity index is 0.00000108. The van der Waals surface area contributed by atoms with Gasteiger partial charge in [0.05, 0.1) is 6.04 Å². The summed E-state index contributed by atoms with van der Waals surface area (Å²) in [4.78, 5) is 0. The maximum absolute atomic E-state index is 3.59. The van der Waals surface area contributed by atoms with E-state index in [0.29, 0.717) is 6.04 Å². The Hall–Kier alpha value is -0.600. The van der Waals surface area contributed by atoms with E-state index in [9.17, 15) is 0 Å². The second kappa shape index (κ2) is 5.83. The zero-order chi connectivity index (χ0) is 10.8. The van der Waals surface area contributed by atoms with Crippen molar-refractivity contribution >= 4 is 29.6 Å². The zero-order valence-corrected chi connectivity index (χ0v) is 12.2. The third-order valence-electron chi connectivity index (χ3n) is 3.24. The second-order valence-corrected chi connectivity index (χ2v) is 4.25. The van der Waals surface area contributed by atoms with Crippen molar-refractivity contribution in [1.82, 2.24) is 5.32 Å². The first-order chi connectivity index (χ1) is 7.95. The fourth-order valence-corrected chi connectivity index (χ4v) is 2.45. The summed E-state index contributed by atoms with van der Waals surface area (Å²) in [5.41, 5.74) is 4.27. The maximum Gasteiger partial charge on any atom is 0.0579 e. The van der Waals surface area contributed by atoms with Gasteiger partial charge in [0.15, 0.2) is 0 Å². The summed E-state index contributed by atoms with van der Waals surface area (Å²) >= 11 is 0. The van der Waals surface area contributed by atoms with Gasteiger partial charge in [0, 0.05) is 36.1 Å². The molecule has 0 bridgehead atoms. The summed E-state index contributed by atoms with van der Waals surface area (Å²) in [7, 11) is 0. The van der Waals surface area contributed by atoms with Crippen LogP contribution in [0.4, 0.5) is 0 Å². The molecule has 1 N–H and O–H groups in total. The average molecular weight is 232 g/mol. The normalized spacial score (nSPS) is 18.0. The van der Waals surface area contributed by atoms with E-state index in [0.717, 1.165) is 13.0 Å². The van der Waals surface area contributed by atoms with Crippen molar-refractivity contribution in [3.8, 4) is 0 Å². The largest absolute Gasteiger partial charge is 0.306 e. The molecule has 1 aliphatic rings. The molecule has 0 saturated heterocycles. The molecule has 1 atom stereocenters. The Morgan fingerprint density at radius 1 is 0.882 bits per heavy atom. The Labute approximate surface area is 125 Å². The van der Waals surface area contributed by atoms with E-state index in [1.165, 1.54) is 16.7 Å². The minimum absolute atomic E-state index is 0. The first-order valence-corrected chi connectivity index (χ1v) is 5.81. The van der Waals surface area contributed by atoms with Gasteiger partial charge in [-0.1, -0.05) is 54.6 Å². The minimum Gasteiger partial charge on any atom is -0.306 e. The van der Waals surface area contributed by atoms with Crippen LogP contribution < -0.4 is 5.32 Å². The van der Waals surface area contributed by atoms with E-state index in [1.54, 1.807) is 0 Å². The molecule has 3 rings (SSSR count). The summed E-state index contributed by atoms with van der Waals surface area (Å²) in [6.45, 7) is 1.07. The molecule has 0 amide bonds. The molecule has 0 aliphatic carbocycles. The van der Waals surface area contributed by atoms with Crippen LogP contribution in [0.15, 0.2) is 54.6 Å². The number of hydrogen-bond donors (Lipinski definition) is 1. The molecule has 1 radical (unpaired) electrons. The predicted octanol–water partition coefficient (Wildman–Crippen LogP) is 2.54. The third kappa shape index (κ3) is 2.63. The molecule has 0 aromatic heterocycles. The van der Waals surface area contributed by atoms with Gasteiger partial charge < -0.3 is 5.32 Å². The van der Waals surface area contributed by atoms with Crippen molar-refractivity contribution in [3.63, 3.8) is 0 Å². The number of benzene rings is 2. The molecule has 1 unspecified atom stereocenters. The molecule has 1 heterocycles. The number of nitrogens with one attached hydrogen (secondary N) is 1. The van der Waals surface area contributed by atoms with Gasteiger partial charge in [-0.3, -0.25) is 0 Å². The van der Waals surface area contributed by atoms with E-state index in [1.807, 2.05) is 0 Å². The van der Waals surface area contributed by atoms with Crippen LogP contribution in [0.25, 0.3) is 0 Å². The van der Waals surface area contributed by atoms with Crippen molar-refractivity contribution in [1.29, 1.82) is 0 Å². The molecular weight excluding hydrogens is 217 g/mol. The monoisotopic (exact) mass is 232 g/mol. The van der Waals surface area contributed by atoms with Gasteiger partial charge in [0.1, 0.15) is 0 Å². The second-order valence-electron chi connectivity index (χ2n) is 4.25. The Bertz CT molecular complexity index is 481. The third-order valence-corrected chi connectivity index (χ3v) is 3.24. The molecule has 17 heavy (non-hydrogen) atoms. The van der Waals surface area contributed by atoms with Crippen molar-refractivity contribution < 1.29 is 0 Å². The average Bonchev–Trinajstić information content (AvgIpc) is 2.39. The predicted molar refractivity (Wildman–Crippen MR) is 72.2 cm³/mol. The molecule has 2 aromatic carbocycles. The van der Waals surface area contributed by atoms with E-state index >= 15 is 0 Å². The first kappa shape index (κ1) is 12.8. The first-order valence-electron chi connectivity index (χ1n) is 5.81. The fourth-order valence-electron chi connectivity index (χ4n) is 2.45. The van der Waals surface area contributed by atoms with E-state index in [4.69, 9.17) is 0 Å². The molecule has 2 heteroatoms. The topological polar surface area (TPSA) is 12.0 Å². The molecule has 0 saturated carbocycles. The van der Waals surface area contributed by atoms with Gasteiger partial charge in [0.25, 0.3) is 0 Å². The molecule has 0 fully saturated rings. The number of hydrogen-bond acceptors (Lipinski definition) is 1. The Morgan fingerprint density at radius 2 is 1.59 bits per heavy atom. The van der Waals surface area contributed by atoms with Crippen molar-refractivity contribution in [2.24, 2.45) is 0 Å². The van der Waals surface area contributed by atoms with Gasteiger partial charge in [-0.15, -0.1) is 0 Å². The van der Waals surface area contributed by atoms with Gasteiger partial charge in [-0.2, -0.15) is 0 Å². The van der Waals surface area contributed by atoms with Gasteiger partial charge >= 0.3 is 0 Å². The summed E-state index contributed by atoms with van der Waals surface area (Å²) in [6.07, 6.45) is 1.14. The van der Waals surface area contributed by atoms with Crippen molar-refractivity contribution in [2.45, 2.75) is 12.5 Å². The summed E-state index contributed by atoms with van der Waals surface area (Å²) in [5, 5.41) is 3.59. The fraction of sp³-hybridized carbons (Fsp3) is 0.200. The maximum atomic E-state index is 3.59. The molecule has 1 nitrogen and oxygen atoms in total. The quantitative estimate of drug-likeness (QED) is 0.745. The number of rotatable bonds is 1. The van der Waals surface area contributed by atoms with Gasteiger partial charge in [-0.25, -0.2) is 0 Å². The molecular formula is C15H15NNa. The van der Waals surface area contributed by atoms with Crippen LogP contribution in [-0.4, -0.2) is 36.1 Å². The molecule has 1 aliphatic heterocycles. The standard InChI is InChI=1S/C15H15N.Na/c1-2-7-13(8-3-1)15-14-9-5-4-6-12(14)10-11-16-15;/h1-9,15-16H,10-11H2;. The molecule has 81 valence electrons. The smallest absolute Gasteiger partial charge is 0.0579 e. The number of fused-ring (bicyclic) bond motifs is 1. The summed E-state index contributed by atoms with van der Waals surface area (Å²) in [5.74, 6) is 0. The van der Waals surface area contributed by atoms with Crippen LogP contribution in [0.1, 0.15) is 22.7 Å². The zero-order valence-electron chi connectivity index (χ0n) is 10.2. The molecule has 2 aromatic rings. The van der Waals surface area contributed by atoms with Crippen LogP contribution in [-0.2, 0) is 6.42 Å². The van der Waals surface area contributed by atoms with Crippen LogP contribution >= 0.6 is 0 Å². The van der Waals surface area contributed by atoms with E-state index in [-0.39, 0.29) is 29.6 Å². The Kier molecular flexibility index (Phi) is 4.41. The van der Waals surface area contributed by atoms with Crippen molar-refractivity contribution in [2.75, 3.05) is 6.54 Å². The van der Waals surface area contributed by atoms with Crippen LogP contribution in [0.2, 0.25) is 0 Å². The van der Waals surface area contributed by atoms with Crippen LogP contribution in [0.3, 0.4) is 0 Å². The SMILES string of the molecule is [Na].c1ccc(C2NCCc3ccccc32)cc1. The molecule has 0 spiro atoms. The van der Waals surface area contributed by atoms with Gasteiger partial charge in [0.2, 0.25) is 0 Å². The van der Waals surface area contributed by atoms with E-state index < -0.39 is 0 Å². The van der Waals surface area contributed by atoms with Crippen LogP contribution in [0, 0.1) is 0 Å². The minimum atomic E-state index is 0. The van der Waals surface area contributed by atoms with Gasteiger partial charge in [-0.05, 0) is 23.1 Å². The summed E-state index contributed by atoms with van der Waals surface area (Å²) in [6, 6.07) is 19.8. The van der Waals surface area contributed by atoms with Crippen molar-refractivity contribution in [3.05, 3.63) is 71.3 Å². The summed E-state index contributed by atoms with van der Waals surface area (Å²) < 4.78 is 0. The Morgan fingerprint density at radius 3 is 2.41 bits per heavy atom. The van der Waals surface area contributed by atoms with Crippen LogP contribution in [0.5, 0.6) is 0 Å².